The van der Waals surface area contributed by atoms with Crippen LogP contribution < -0.4 is 20.5 Å². The number of ether oxygens (including phenoxy) is 2. The average Bonchev–Trinajstić information content (AvgIpc) is 2.77. The number of terminal acetylenes is 1. The van der Waals surface area contributed by atoms with Crippen LogP contribution in [-0.4, -0.2) is 53.8 Å². The highest BCUT2D eigenvalue weighted by Gasteiger charge is 2.52. The first-order valence-corrected chi connectivity index (χ1v) is 11.8. The summed E-state index contributed by atoms with van der Waals surface area (Å²) in [6, 6.07) is 4.99. The Hall–Kier alpha value is -3.65. The van der Waals surface area contributed by atoms with Gasteiger partial charge in [-0.3, -0.25) is 9.79 Å². The van der Waals surface area contributed by atoms with Crippen molar-refractivity contribution in [1.29, 1.82) is 0 Å². The Morgan fingerprint density at radius 1 is 1.33 bits per heavy atom. The van der Waals surface area contributed by atoms with Crippen LogP contribution in [0.4, 0.5) is 5.69 Å². The van der Waals surface area contributed by atoms with E-state index >= 15 is 0 Å². The maximum absolute atomic E-state index is 13.0. The summed E-state index contributed by atoms with van der Waals surface area (Å²) in [6.45, 7) is 3.44. The summed E-state index contributed by atoms with van der Waals surface area (Å²) >= 11 is 0. The van der Waals surface area contributed by atoms with Gasteiger partial charge in [0.2, 0.25) is 5.88 Å². The zero-order chi connectivity index (χ0) is 23.9. The van der Waals surface area contributed by atoms with Crippen LogP contribution in [-0.2, 0) is 15.4 Å². The molecular formula is C22H23N5O5S. The van der Waals surface area contributed by atoms with E-state index in [0.717, 1.165) is 0 Å². The number of aliphatic imine (C=N–C) groups is 1. The van der Waals surface area contributed by atoms with Crippen LogP contribution in [0.15, 0.2) is 35.6 Å². The van der Waals surface area contributed by atoms with Gasteiger partial charge < -0.3 is 20.5 Å². The fourth-order valence-electron chi connectivity index (χ4n) is 3.70. The summed E-state index contributed by atoms with van der Waals surface area (Å²) in [5.74, 6) is 2.37. The highest BCUT2D eigenvalue weighted by Crippen LogP contribution is 2.46. The Morgan fingerprint density at radius 3 is 2.79 bits per heavy atom. The smallest absolute Gasteiger partial charge is 0.275 e. The van der Waals surface area contributed by atoms with Crippen LogP contribution in [0.25, 0.3) is 0 Å². The molecule has 1 spiro atoms. The standard InChI is InChI=1S/C22H23N5O5S/c1-4-8-32-18-12-24-16(11-25-18)19(28)26-14-5-6-17-15(10-14)22(7-9-31-17)13-33(29,30)21(2,3)20(23)27-22/h1,5-6,10-12H,7-9,13H2,2-3H3,(H2,23,27)(H,26,28)/t22-/m0/s1. The van der Waals surface area contributed by atoms with Crippen molar-refractivity contribution in [2.75, 3.05) is 24.3 Å². The zero-order valence-corrected chi connectivity index (χ0v) is 19.0. The second-order valence-electron chi connectivity index (χ2n) is 8.29. The lowest BCUT2D eigenvalue weighted by molar-refractivity contribution is 0.102. The second kappa shape index (κ2) is 8.04. The van der Waals surface area contributed by atoms with Crippen molar-refractivity contribution in [2.45, 2.75) is 30.6 Å². The molecular weight excluding hydrogens is 446 g/mol. The first kappa shape index (κ1) is 22.5. The predicted octanol–water partition coefficient (Wildman–Crippen LogP) is 1.28. The summed E-state index contributed by atoms with van der Waals surface area (Å²) in [5, 5.41) is 2.74. The number of fused-ring (bicyclic) bond motifs is 2. The van der Waals surface area contributed by atoms with Crippen molar-refractivity contribution in [3.05, 3.63) is 41.9 Å². The number of benzene rings is 1. The van der Waals surface area contributed by atoms with E-state index in [9.17, 15) is 13.2 Å². The van der Waals surface area contributed by atoms with Crippen LogP contribution in [0, 0.1) is 12.3 Å². The van der Waals surface area contributed by atoms with Gasteiger partial charge in [0.15, 0.2) is 16.4 Å². The van der Waals surface area contributed by atoms with E-state index in [-0.39, 0.29) is 29.8 Å². The van der Waals surface area contributed by atoms with Gasteiger partial charge in [0.1, 0.15) is 27.6 Å². The van der Waals surface area contributed by atoms with Crippen molar-refractivity contribution in [1.82, 2.24) is 9.97 Å². The van der Waals surface area contributed by atoms with Crippen molar-refractivity contribution < 1.29 is 22.7 Å². The van der Waals surface area contributed by atoms with Gasteiger partial charge in [-0.2, -0.15) is 0 Å². The Morgan fingerprint density at radius 2 is 2.12 bits per heavy atom. The number of hydrogen-bond acceptors (Lipinski definition) is 9. The topological polar surface area (TPSA) is 146 Å². The number of nitrogens with zero attached hydrogens (tertiary/aromatic N) is 3. The minimum Gasteiger partial charge on any atom is -0.493 e. The van der Waals surface area contributed by atoms with Gasteiger partial charge in [0.05, 0.1) is 24.8 Å². The number of carbonyl (C=O) groups is 1. The van der Waals surface area contributed by atoms with Gasteiger partial charge in [0.25, 0.3) is 5.91 Å². The van der Waals surface area contributed by atoms with E-state index < -0.39 is 26.0 Å². The average molecular weight is 470 g/mol. The molecule has 0 saturated heterocycles. The highest BCUT2D eigenvalue weighted by molar-refractivity contribution is 7.93. The SMILES string of the molecule is C#CCOc1cnc(C(=O)Nc2ccc3c(c2)[C@]2(CCO3)CS(=O)(=O)C(C)(C)C(N)=N2)cn1. The van der Waals surface area contributed by atoms with Crippen molar-refractivity contribution in [2.24, 2.45) is 10.7 Å². The third-order valence-electron chi connectivity index (χ3n) is 5.83. The number of carbonyl (C=O) groups excluding carboxylic acids is 1. The number of aromatic nitrogens is 2. The Bertz CT molecular complexity index is 1280. The lowest BCUT2D eigenvalue weighted by atomic mass is 9.85. The molecule has 4 rings (SSSR count). The number of amidine groups is 1. The third-order valence-corrected chi connectivity index (χ3v) is 8.46. The van der Waals surface area contributed by atoms with Gasteiger partial charge in [-0.15, -0.1) is 6.42 Å². The van der Waals surface area contributed by atoms with Gasteiger partial charge in [-0.1, -0.05) is 5.92 Å². The molecule has 0 fully saturated rings. The molecule has 2 aromatic rings. The summed E-state index contributed by atoms with van der Waals surface area (Å²) in [5.41, 5.74) is 6.08. The molecule has 3 heterocycles. The molecule has 2 aliphatic heterocycles. The molecule has 172 valence electrons. The largest absolute Gasteiger partial charge is 0.493 e. The number of nitrogens with two attached hydrogens (primary N) is 1. The molecule has 2 aliphatic rings. The molecule has 0 bridgehead atoms. The summed E-state index contributed by atoms with van der Waals surface area (Å²) in [6.07, 6.45) is 8.05. The first-order chi connectivity index (χ1) is 15.6. The van der Waals surface area contributed by atoms with E-state index in [1.165, 1.54) is 12.4 Å². The van der Waals surface area contributed by atoms with Crippen LogP contribution in [0.3, 0.4) is 0 Å². The molecule has 0 radical (unpaired) electrons. The van der Waals surface area contributed by atoms with Crippen molar-refractivity contribution in [3.8, 4) is 24.0 Å². The lowest BCUT2D eigenvalue weighted by Crippen LogP contribution is -2.56. The molecule has 1 aromatic heterocycles. The molecule has 33 heavy (non-hydrogen) atoms. The van der Waals surface area contributed by atoms with Crippen LogP contribution in [0.1, 0.15) is 36.3 Å². The summed E-state index contributed by atoms with van der Waals surface area (Å²) in [7, 11) is -3.59. The number of amides is 1. The number of hydrogen-bond donors (Lipinski definition) is 2. The third kappa shape index (κ3) is 3.98. The number of nitrogens with one attached hydrogen (secondary N) is 1. The highest BCUT2D eigenvalue weighted by atomic mass is 32.2. The Kier molecular flexibility index (Phi) is 5.49. The molecule has 10 nitrogen and oxygen atoms in total. The Labute approximate surface area is 191 Å². The minimum absolute atomic E-state index is 0.0407. The fraction of sp³-hybridized carbons (Fsp3) is 0.364. The number of rotatable bonds is 4. The molecule has 1 amide bonds. The molecule has 1 aromatic carbocycles. The van der Waals surface area contributed by atoms with E-state index in [1.54, 1.807) is 32.0 Å². The lowest BCUT2D eigenvalue weighted by Gasteiger charge is -2.42. The quantitative estimate of drug-likeness (QED) is 0.637. The van der Waals surface area contributed by atoms with Gasteiger partial charge in [-0.05, 0) is 32.0 Å². The maximum atomic E-state index is 13.0. The van der Waals surface area contributed by atoms with Gasteiger partial charge >= 0.3 is 0 Å². The van der Waals surface area contributed by atoms with E-state index in [0.29, 0.717) is 30.0 Å². The monoisotopic (exact) mass is 469 g/mol. The van der Waals surface area contributed by atoms with Crippen molar-refractivity contribution >= 4 is 27.3 Å². The minimum atomic E-state index is -3.59. The number of sulfone groups is 1. The van der Waals surface area contributed by atoms with Gasteiger partial charge in [-0.25, -0.2) is 18.4 Å². The molecule has 0 saturated carbocycles. The van der Waals surface area contributed by atoms with Gasteiger partial charge in [0, 0.05) is 17.7 Å². The fourth-order valence-corrected chi connectivity index (χ4v) is 5.42. The van der Waals surface area contributed by atoms with Crippen LogP contribution >= 0.6 is 0 Å². The van der Waals surface area contributed by atoms with E-state index in [1.807, 2.05) is 0 Å². The first-order valence-electron chi connectivity index (χ1n) is 10.1. The summed E-state index contributed by atoms with van der Waals surface area (Å²) in [4.78, 5) is 25.3. The zero-order valence-electron chi connectivity index (χ0n) is 18.2. The normalized spacial score (nSPS) is 22.3. The molecule has 0 unspecified atom stereocenters. The van der Waals surface area contributed by atoms with Crippen LogP contribution in [0.5, 0.6) is 11.6 Å². The van der Waals surface area contributed by atoms with Crippen molar-refractivity contribution in [3.63, 3.8) is 0 Å². The Balaban J connectivity index is 1.64. The van der Waals surface area contributed by atoms with E-state index in [2.05, 4.69) is 26.2 Å². The second-order valence-corrected chi connectivity index (χ2v) is 10.8. The van der Waals surface area contributed by atoms with Crippen LogP contribution in [0.2, 0.25) is 0 Å². The van der Waals surface area contributed by atoms with E-state index in [4.69, 9.17) is 21.6 Å². The molecule has 3 N–H and O–H groups in total. The molecule has 1 atom stereocenters. The molecule has 0 aliphatic carbocycles. The number of anilines is 1. The molecule has 11 heteroatoms. The maximum Gasteiger partial charge on any atom is 0.275 e. The summed E-state index contributed by atoms with van der Waals surface area (Å²) < 4.78 is 35.7. The predicted molar refractivity (Wildman–Crippen MR) is 122 cm³/mol.